The quantitative estimate of drug-likeness (QED) is 0.349. The third-order valence-corrected chi connectivity index (χ3v) is 4.98. The van der Waals surface area contributed by atoms with Gasteiger partial charge in [0.25, 0.3) is 0 Å². The Labute approximate surface area is 179 Å². The molecule has 5 nitrogen and oxygen atoms in total. The number of thiazole rings is 1. The average Bonchev–Trinajstić information content (AvgIpc) is 3.00. The lowest BCUT2D eigenvalue weighted by Crippen LogP contribution is -2.38. The predicted octanol–water partition coefficient (Wildman–Crippen LogP) is 4.56. The summed E-state index contributed by atoms with van der Waals surface area (Å²) in [5.74, 6) is 0.688. The predicted molar refractivity (Wildman–Crippen MR) is 120 cm³/mol. The molecule has 1 unspecified atom stereocenters. The zero-order chi connectivity index (χ0) is 17.7. The molecule has 0 aliphatic rings. The molecule has 2 aromatic rings. The zero-order valence-corrected chi connectivity index (χ0v) is 19.2. The highest BCUT2D eigenvalue weighted by atomic mass is 127. The van der Waals surface area contributed by atoms with Gasteiger partial charge >= 0.3 is 0 Å². The Hall–Kier alpha value is -0.770. The molecule has 9 heteroatoms. The molecule has 1 atom stereocenters. The number of guanidine groups is 1. The van der Waals surface area contributed by atoms with Gasteiger partial charge in [0.05, 0.1) is 18.3 Å². The van der Waals surface area contributed by atoms with E-state index in [1.165, 1.54) is 0 Å². The minimum atomic E-state index is -0.00580. The molecule has 0 radical (unpaired) electrons. The number of anilines is 1. The van der Waals surface area contributed by atoms with Gasteiger partial charge in [-0.2, -0.15) is 0 Å². The van der Waals surface area contributed by atoms with Gasteiger partial charge in [-0.1, -0.05) is 29.3 Å². The van der Waals surface area contributed by atoms with Crippen LogP contribution in [0.2, 0.25) is 10.0 Å². The van der Waals surface area contributed by atoms with Crippen LogP contribution >= 0.6 is 58.5 Å². The van der Waals surface area contributed by atoms with Crippen LogP contribution in [0.4, 0.5) is 5.13 Å². The molecule has 0 spiro atoms. The Bertz CT molecular complexity index is 720. The highest BCUT2D eigenvalue weighted by Crippen LogP contribution is 2.26. The minimum absolute atomic E-state index is 0. The molecule has 1 heterocycles. The number of hydrogen-bond acceptors (Lipinski definition) is 4. The molecule has 1 aromatic carbocycles. The SMILES string of the molecule is CN=C(NCc1csc(N(C)C)n1)NC(C)c1ccc(Cl)cc1Cl.I. The number of nitrogens with zero attached hydrogens (tertiary/aromatic N) is 3. The van der Waals surface area contributed by atoms with Gasteiger partial charge in [0.2, 0.25) is 0 Å². The van der Waals surface area contributed by atoms with E-state index < -0.39 is 0 Å². The fourth-order valence-corrected chi connectivity index (χ4v) is 3.42. The number of rotatable bonds is 5. The lowest BCUT2D eigenvalue weighted by atomic mass is 10.1. The highest BCUT2D eigenvalue weighted by molar-refractivity contribution is 14.0. The third kappa shape index (κ3) is 6.47. The van der Waals surface area contributed by atoms with Crippen LogP contribution in [0.5, 0.6) is 0 Å². The van der Waals surface area contributed by atoms with Crippen molar-refractivity contribution in [1.82, 2.24) is 15.6 Å². The van der Waals surface area contributed by atoms with Crippen molar-refractivity contribution >= 4 is 69.6 Å². The second-order valence-corrected chi connectivity index (χ2v) is 7.15. The number of nitrogens with one attached hydrogen (secondary N) is 2. The molecule has 0 amide bonds. The van der Waals surface area contributed by atoms with Gasteiger partial charge in [-0.25, -0.2) is 4.98 Å². The molecule has 0 aliphatic carbocycles. The van der Waals surface area contributed by atoms with Gasteiger partial charge < -0.3 is 15.5 Å². The third-order valence-electron chi connectivity index (χ3n) is 3.36. The van der Waals surface area contributed by atoms with Crippen LogP contribution in [0.15, 0.2) is 28.6 Å². The Morgan fingerprint density at radius 2 is 2.08 bits per heavy atom. The van der Waals surface area contributed by atoms with Crippen LogP contribution in [0.3, 0.4) is 0 Å². The molecule has 25 heavy (non-hydrogen) atoms. The maximum absolute atomic E-state index is 6.26. The van der Waals surface area contributed by atoms with Crippen molar-refractivity contribution in [3.8, 4) is 0 Å². The molecule has 0 aliphatic heterocycles. The van der Waals surface area contributed by atoms with Crippen LogP contribution in [0, 0.1) is 0 Å². The first kappa shape index (κ1) is 22.3. The topological polar surface area (TPSA) is 52.6 Å². The number of hydrogen-bond donors (Lipinski definition) is 2. The van der Waals surface area contributed by atoms with Gasteiger partial charge in [-0.05, 0) is 24.6 Å². The van der Waals surface area contributed by atoms with Crippen molar-refractivity contribution in [2.24, 2.45) is 4.99 Å². The fourth-order valence-electron chi connectivity index (χ4n) is 2.09. The average molecular weight is 514 g/mol. The zero-order valence-electron chi connectivity index (χ0n) is 14.5. The van der Waals surface area contributed by atoms with E-state index in [4.69, 9.17) is 23.2 Å². The van der Waals surface area contributed by atoms with Crippen LogP contribution in [-0.2, 0) is 6.54 Å². The lowest BCUT2D eigenvalue weighted by molar-refractivity contribution is 0.683. The van der Waals surface area contributed by atoms with E-state index in [9.17, 15) is 0 Å². The van der Waals surface area contributed by atoms with Crippen molar-refractivity contribution in [2.75, 3.05) is 26.0 Å². The number of aromatic nitrogens is 1. The first-order chi connectivity index (χ1) is 11.4. The molecule has 2 N–H and O–H groups in total. The fraction of sp³-hybridized carbons (Fsp3) is 0.375. The van der Waals surface area contributed by atoms with Crippen LogP contribution in [0.1, 0.15) is 24.2 Å². The summed E-state index contributed by atoms with van der Waals surface area (Å²) in [6.45, 7) is 2.63. The molecule has 1 aromatic heterocycles. The summed E-state index contributed by atoms with van der Waals surface area (Å²) in [5, 5.41) is 10.9. The van der Waals surface area contributed by atoms with Crippen LogP contribution < -0.4 is 15.5 Å². The van der Waals surface area contributed by atoms with E-state index in [0.717, 1.165) is 16.4 Å². The highest BCUT2D eigenvalue weighted by Gasteiger charge is 2.12. The Balaban J connectivity index is 0.00000312. The van der Waals surface area contributed by atoms with Crippen molar-refractivity contribution in [2.45, 2.75) is 19.5 Å². The second-order valence-electron chi connectivity index (χ2n) is 5.47. The van der Waals surface area contributed by atoms with Crippen molar-refractivity contribution in [3.05, 3.63) is 44.9 Å². The van der Waals surface area contributed by atoms with Gasteiger partial charge in [-0.15, -0.1) is 35.3 Å². The van der Waals surface area contributed by atoms with Crippen LogP contribution in [0.25, 0.3) is 0 Å². The number of halogens is 3. The van der Waals surface area contributed by atoms with E-state index in [-0.39, 0.29) is 30.0 Å². The summed E-state index contributed by atoms with van der Waals surface area (Å²) >= 11 is 13.8. The van der Waals surface area contributed by atoms with Crippen molar-refractivity contribution in [3.63, 3.8) is 0 Å². The first-order valence-corrected chi connectivity index (χ1v) is 9.08. The van der Waals surface area contributed by atoms with E-state index in [1.807, 2.05) is 43.4 Å². The monoisotopic (exact) mass is 513 g/mol. The molecule has 0 saturated carbocycles. The molecule has 138 valence electrons. The number of benzene rings is 1. The molecule has 2 rings (SSSR count). The summed E-state index contributed by atoms with van der Waals surface area (Å²) in [6.07, 6.45) is 0. The summed E-state index contributed by atoms with van der Waals surface area (Å²) in [7, 11) is 5.69. The smallest absolute Gasteiger partial charge is 0.191 e. The van der Waals surface area contributed by atoms with Crippen molar-refractivity contribution in [1.29, 1.82) is 0 Å². The van der Waals surface area contributed by atoms with E-state index in [1.54, 1.807) is 24.5 Å². The van der Waals surface area contributed by atoms with Crippen molar-refractivity contribution < 1.29 is 0 Å². The van der Waals surface area contributed by atoms with E-state index >= 15 is 0 Å². The lowest BCUT2D eigenvalue weighted by Gasteiger charge is -2.19. The molecule has 0 bridgehead atoms. The van der Waals surface area contributed by atoms with E-state index in [2.05, 4.69) is 20.6 Å². The van der Waals surface area contributed by atoms with E-state index in [0.29, 0.717) is 22.5 Å². The summed E-state index contributed by atoms with van der Waals surface area (Å²) in [6, 6.07) is 5.48. The summed E-state index contributed by atoms with van der Waals surface area (Å²) in [4.78, 5) is 10.8. The maximum Gasteiger partial charge on any atom is 0.191 e. The maximum atomic E-state index is 6.26. The number of aliphatic imine (C=N–C) groups is 1. The molecular formula is C16H22Cl2IN5S. The van der Waals surface area contributed by atoms with Gasteiger partial charge in [0.1, 0.15) is 0 Å². The molecule has 0 saturated heterocycles. The standard InChI is InChI=1S/C16H21Cl2N5S.HI/c1-10(13-6-5-11(17)7-14(13)18)21-15(19-2)20-8-12-9-24-16(22-12)23(3)4;/h5-7,9-10H,8H2,1-4H3,(H2,19,20,21);1H. The second kappa shape index (κ2) is 10.4. The first-order valence-electron chi connectivity index (χ1n) is 7.44. The Morgan fingerprint density at radius 3 is 2.64 bits per heavy atom. The summed E-state index contributed by atoms with van der Waals surface area (Å²) < 4.78 is 0. The normalized spacial score (nSPS) is 12.3. The summed E-state index contributed by atoms with van der Waals surface area (Å²) in [5.41, 5.74) is 1.94. The van der Waals surface area contributed by atoms with Gasteiger partial charge in [-0.3, -0.25) is 4.99 Å². The largest absolute Gasteiger partial charge is 0.354 e. The Morgan fingerprint density at radius 1 is 1.36 bits per heavy atom. The molecular weight excluding hydrogens is 492 g/mol. The minimum Gasteiger partial charge on any atom is -0.354 e. The molecule has 0 fully saturated rings. The van der Waals surface area contributed by atoms with Crippen LogP contribution in [-0.4, -0.2) is 32.1 Å². The Kier molecular flexibility index (Phi) is 9.26. The van der Waals surface area contributed by atoms with Gasteiger partial charge in [0.15, 0.2) is 11.1 Å². The van der Waals surface area contributed by atoms with Gasteiger partial charge in [0, 0.05) is 36.6 Å².